The van der Waals surface area contributed by atoms with Crippen molar-refractivity contribution in [1.29, 1.82) is 0 Å². The Bertz CT molecular complexity index is 2090. The van der Waals surface area contributed by atoms with Gasteiger partial charge in [-0.05, 0) is 48.9 Å². The highest BCUT2D eigenvalue weighted by molar-refractivity contribution is 5.87. The third-order valence-corrected chi connectivity index (χ3v) is 10.8. The number of phenols is 3. The standard InChI is InChI=1S/C42H48O21/c1-17-38(63-29(47)11-4-18-2-7-20(44)8-3-18)34(52)37(55)40(57-17)56-16-28-31(49)33(51)36(54)42(62-28)60-26-14-23-24(58-39(26)19-5-9-21(45)10-6-19)12-22(46)13-25(23)59-41-35(53)32(50)30(48)27(15-43)61-41/h2-14,17,27-28,30-46,48-55H,15-16H2,1H3/b11-4+/t17-,27+,28+,30+,31+,32-,33-,34+,35+,36+,37+,38-,39?,40+,41+,42+/m0/s1. The minimum absolute atomic E-state index is 0.0168. The van der Waals surface area contributed by atoms with E-state index in [1.807, 2.05) is 0 Å². The average molecular weight is 889 g/mol. The van der Waals surface area contributed by atoms with Gasteiger partial charge in [0.25, 0.3) is 0 Å². The number of carbonyl (C=O) groups excluding carboxylic acids is 1. The number of aliphatic hydroxyl groups excluding tert-OH is 9. The zero-order valence-corrected chi connectivity index (χ0v) is 33.2. The number of rotatable bonds is 12. The summed E-state index contributed by atoms with van der Waals surface area (Å²) in [5, 5.41) is 126. The van der Waals surface area contributed by atoms with E-state index in [1.165, 1.54) is 61.5 Å². The molecule has 0 saturated carbocycles. The number of benzene rings is 3. The molecule has 0 amide bonds. The van der Waals surface area contributed by atoms with Gasteiger partial charge in [-0.3, -0.25) is 0 Å². The molecule has 0 aromatic heterocycles. The fourth-order valence-corrected chi connectivity index (χ4v) is 7.30. The van der Waals surface area contributed by atoms with E-state index in [1.54, 1.807) is 12.1 Å². The first-order chi connectivity index (χ1) is 30.0. The van der Waals surface area contributed by atoms with Gasteiger partial charge in [-0.2, -0.15) is 0 Å². The molecule has 12 N–H and O–H groups in total. The van der Waals surface area contributed by atoms with Gasteiger partial charge in [0.15, 0.2) is 18.5 Å². The van der Waals surface area contributed by atoms with Crippen LogP contribution in [0.1, 0.15) is 29.7 Å². The predicted molar refractivity (Wildman–Crippen MR) is 209 cm³/mol. The molecule has 21 nitrogen and oxygen atoms in total. The maximum absolute atomic E-state index is 12.6. The molecule has 3 aromatic rings. The fraction of sp³-hybridized carbons (Fsp3) is 0.452. The molecule has 0 radical (unpaired) electrons. The van der Waals surface area contributed by atoms with Crippen molar-refractivity contribution in [3.8, 4) is 28.7 Å². The molecular formula is C42H48O21. The molecule has 7 rings (SSSR count). The summed E-state index contributed by atoms with van der Waals surface area (Å²) in [5.74, 6) is -1.67. The molecule has 0 aliphatic carbocycles. The van der Waals surface area contributed by atoms with Crippen LogP contribution in [0.2, 0.25) is 0 Å². The number of phenolic OH excluding ortho intramolecular Hbond substituents is 3. The third-order valence-electron chi connectivity index (χ3n) is 10.8. The molecule has 3 fully saturated rings. The molecule has 4 aliphatic heterocycles. The van der Waals surface area contributed by atoms with Gasteiger partial charge in [-0.25, -0.2) is 4.79 Å². The van der Waals surface area contributed by atoms with Gasteiger partial charge in [-0.15, -0.1) is 0 Å². The van der Waals surface area contributed by atoms with Crippen molar-refractivity contribution < 1.29 is 104 Å². The van der Waals surface area contributed by atoms with E-state index in [4.69, 9.17) is 37.9 Å². The van der Waals surface area contributed by atoms with Crippen LogP contribution < -0.4 is 9.47 Å². The summed E-state index contributed by atoms with van der Waals surface area (Å²) in [4.78, 5) is 12.6. The first-order valence-electron chi connectivity index (χ1n) is 19.7. The highest BCUT2D eigenvalue weighted by atomic mass is 16.7. The summed E-state index contributed by atoms with van der Waals surface area (Å²) in [7, 11) is 0. The largest absolute Gasteiger partial charge is 0.508 e. The van der Waals surface area contributed by atoms with E-state index in [0.717, 1.165) is 12.1 Å². The summed E-state index contributed by atoms with van der Waals surface area (Å²) >= 11 is 0. The van der Waals surface area contributed by atoms with Crippen molar-refractivity contribution in [2.24, 2.45) is 0 Å². The van der Waals surface area contributed by atoms with Crippen LogP contribution in [0.4, 0.5) is 0 Å². The van der Waals surface area contributed by atoms with Crippen LogP contribution in [-0.2, 0) is 33.2 Å². The van der Waals surface area contributed by atoms with Crippen LogP contribution in [0.3, 0.4) is 0 Å². The number of hydrogen-bond acceptors (Lipinski definition) is 21. The summed E-state index contributed by atoms with van der Waals surface area (Å²) in [6.45, 7) is 0.0827. The van der Waals surface area contributed by atoms with E-state index in [2.05, 4.69) is 0 Å². The van der Waals surface area contributed by atoms with Gasteiger partial charge in [0.05, 0.1) is 24.9 Å². The number of aromatic hydroxyl groups is 3. The van der Waals surface area contributed by atoms with Gasteiger partial charge >= 0.3 is 5.97 Å². The van der Waals surface area contributed by atoms with Crippen LogP contribution in [-0.4, -0.2) is 173 Å². The number of carbonyl (C=O) groups is 1. The molecular weight excluding hydrogens is 840 g/mol. The van der Waals surface area contributed by atoms with Crippen LogP contribution in [0.15, 0.2) is 72.5 Å². The smallest absolute Gasteiger partial charge is 0.331 e. The zero-order valence-electron chi connectivity index (χ0n) is 33.2. The molecule has 4 aliphatic rings. The van der Waals surface area contributed by atoms with Gasteiger partial charge < -0.3 is 99.2 Å². The van der Waals surface area contributed by atoms with Crippen LogP contribution in [0.5, 0.6) is 28.7 Å². The number of fused-ring (bicyclic) bond motifs is 1. The number of hydrogen-bond donors (Lipinski definition) is 12. The van der Waals surface area contributed by atoms with Crippen molar-refractivity contribution in [2.45, 2.75) is 105 Å². The molecule has 0 spiro atoms. The van der Waals surface area contributed by atoms with Crippen LogP contribution >= 0.6 is 0 Å². The highest BCUT2D eigenvalue weighted by Crippen LogP contribution is 2.46. The SMILES string of the molecule is C[C@@H]1O[C@@H](OC[C@H]2O[C@@H](OC3=Cc4c(cc(O)cc4O[C@@H]4O[C@H](CO)[C@@H](O)[C@H](O)[C@H]4O)OC3c3ccc(O)cc3)[C@H](O)[C@@H](O)[C@@H]2O)[C@H](O)[C@@H](O)[C@H]1OC(=O)/C=C/c1ccc(O)cc1. The molecule has 3 aromatic carbocycles. The van der Waals surface area contributed by atoms with E-state index in [-0.39, 0.29) is 40.1 Å². The van der Waals surface area contributed by atoms with E-state index >= 15 is 0 Å². The number of aliphatic hydroxyl groups is 9. The number of esters is 1. The van der Waals surface area contributed by atoms with E-state index in [9.17, 15) is 66.1 Å². The first kappa shape index (κ1) is 45.9. The van der Waals surface area contributed by atoms with Gasteiger partial charge in [0, 0.05) is 23.8 Å². The maximum Gasteiger partial charge on any atom is 0.331 e. The minimum atomic E-state index is -1.92. The lowest BCUT2D eigenvalue weighted by Crippen LogP contribution is -2.61. The van der Waals surface area contributed by atoms with Gasteiger partial charge in [-0.1, -0.05) is 24.3 Å². The lowest BCUT2D eigenvalue weighted by Gasteiger charge is -2.43. The number of ether oxygens (including phenoxy) is 8. The summed E-state index contributed by atoms with van der Waals surface area (Å²) in [6.07, 6.45) is -22.0. The van der Waals surface area contributed by atoms with E-state index < -0.39 is 117 Å². The monoisotopic (exact) mass is 888 g/mol. The van der Waals surface area contributed by atoms with Crippen molar-refractivity contribution in [2.75, 3.05) is 13.2 Å². The average Bonchev–Trinajstić information content (AvgIpc) is 3.26. The molecule has 342 valence electrons. The molecule has 63 heavy (non-hydrogen) atoms. The Kier molecular flexibility index (Phi) is 14.1. The van der Waals surface area contributed by atoms with Gasteiger partial charge in [0.1, 0.15) is 95.5 Å². The molecule has 1 unspecified atom stereocenters. The quantitative estimate of drug-likeness (QED) is 0.0719. The Morgan fingerprint density at radius 1 is 0.667 bits per heavy atom. The summed E-state index contributed by atoms with van der Waals surface area (Å²) in [6, 6.07) is 14.0. The zero-order chi connectivity index (χ0) is 45.3. The normalized spacial score (nSPS) is 35.6. The molecule has 0 bridgehead atoms. The van der Waals surface area contributed by atoms with Crippen molar-refractivity contribution in [3.05, 3.63) is 89.2 Å². The van der Waals surface area contributed by atoms with Crippen molar-refractivity contribution in [3.63, 3.8) is 0 Å². The highest BCUT2D eigenvalue weighted by Gasteiger charge is 2.50. The fourth-order valence-electron chi connectivity index (χ4n) is 7.30. The molecule has 4 heterocycles. The topological polar surface area (TPSA) is 334 Å². The molecule has 16 atom stereocenters. The molecule has 21 heteroatoms. The van der Waals surface area contributed by atoms with Gasteiger partial charge in [0.2, 0.25) is 12.6 Å². The first-order valence-corrected chi connectivity index (χ1v) is 19.7. The predicted octanol–water partition coefficient (Wildman–Crippen LogP) is -1.61. The second-order valence-corrected chi connectivity index (χ2v) is 15.3. The Labute approximate surface area is 358 Å². The third kappa shape index (κ3) is 10.0. The Hall–Kier alpha value is -5.11. The summed E-state index contributed by atoms with van der Waals surface area (Å²) < 4.78 is 46.4. The molecule has 3 saturated heterocycles. The lowest BCUT2D eigenvalue weighted by molar-refractivity contribution is -0.325. The minimum Gasteiger partial charge on any atom is -0.508 e. The second kappa shape index (κ2) is 19.3. The second-order valence-electron chi connectivity index (χ2n) is 15.3. The maximum atomic E-state index is 12.6. The van der Waals surface area contributed by atoms with Crippen molar-refractivity contribution in [1.82, 2.24) is 0 Å². The van der Waals surface area contributed by atoms with Crippen LogP contribution in [0, 0.1) is 0 Å². The Morgan fingerprint density at radius 3 is 1.90 bits per heavy atom. The Balaban J connectivity index is 1.07. The van der Waals surface area contributed by atoms with Crippen molar-refractivity contribution >= 4 is 18.1 Å². The lowest BCUT2D eigenvalue weighted by atomic mass is 9.98. The van der Waals surface area contributed by atoms with Crippen LogP contribution in [0.25, 0.3) is 12.2 Å². The van der Waals surface area contributed by atoms with E-state index in [0.29, 0.717) is 11.1 Å². The Morgan fingerprint density at radius 2 is 1.25 bits per heavy atom. The summed E-state index contributed by atoms with van der Waals surface area (Å²) in [5.41, 5.74) is 0.989.